The molecule has 2 heteroatoms. The Morgan fingerprint density at radius 3 is 2.65 bits per heavy atom. The van der Waals surface area contributed by atoms with Gasteiger partial charge in [-0.15, -0.1) is 0 Å². The van der Waals surface area contributed by atoms with Crippen molar-refractivity contribution in [2.45, 2.75) is 64.8 Å². The number of hydrogen-bond acceptors (Lipinski definition) is 0. The van der Waals surface area contributed by atoms with Gasteiger partial charge in [-0.3, -0.25) is 0 Å². The molecule has 0 spiro atoms. The highest BCUT2D eigenvalue weighted by molar-refractivity contribution is 5.71. The SMILES string of the molecule is CC(C)c1[nH]c2ccccc2[n+]1CCC1CCCCC1. The fourth-order valence-electron chi connectivity index (χ4n) is 3.63. The van der Waals surface area contributed by atoms with Crippen LogP contribution in [-0.4, -0.2) is 4.98 Å². The van der Waals surface area contributed by atoms with Gasteiger partial charge >= 0.3 is 0 Å². The first-order chi connectivity index (χ1) is 9.75. The first kappa shape index (κ1) is 13.7. The molecule has 20 heavy (non-hydrogen) atoms. The van der Waals surface area contributed by atoms with Gasteiger partial charge in [0.15, 0.2) is 11.0 Å². The number of benzene rings is 1. The topological polar surface area (TPSA) is 19.7 Å². The van der Waals surface area contributed by atoms with Crippen molar-refractivity contribution < 1.29 is 4.57 Å². The molecule has 1 aliphatic carbocycles. The first-order valence-corrected chi connectivity index (χ1v) is 8.26. The molecule has 0 bridgehead atoms. The Balaban J connectivity index is 1.83. The van der Waals surface area contributed by atoms with Gasteiger partial charge in [-0.2, -0.15) is 0 Å². The Hall–Kier alpha value is -1.31. The summed E-state index contributed by atoms with van der Waals surface area (Å²) >= 11 is 0. The third-order valence-corrected chi connectivity index (χ3v) is 4.78. The molecule has 0 unspecified atom stereocenters. The van der Waals surface area contributed by atoms with Gasteiger partial charge < -0.3 is 0 Å². The van der Waals surface area contributed by atoms with Crippen molar-refractivity contribution in [1.29, 1.82) is 0 Å². The molecule has 0 saturated heterocycles. The molecule has 1 aliphatic rings. The number of fused-ring (bicyclic) bond motifs is 1. The molecule has 1 aromatic carbocycles. The minimum atomic E-state index is 0.550. The van der Waals surface area contributed by atoms with Crippen LogP contribution in [0.25, 0.3) is 11.0 Å². The van der Waals surface area contributed by atoms with E-state index in [4.69, 9.17) is 0 Å². The summed E-state index contributed by atoms with van der Waals surface area (Å²) < 4.78 is 2.52. The molecule has 0 aliphatic heterocycles. The van der Waals surface area contributed by atoms with Gasteiger partial charge in [-0.05, 0) is 24.5 Å². The molecule has 1 fully saturated rings. The highest BCUT2D eigenvalue weighted by Crippen LogP contribution is 2.26. The van der Waals surface area contributed by atoms with Gasteiger partial charge in [-0.1, -0.05) is 58.1 Å². The standard InChI is InChI=1S/C18H26N2/c1-14(2)18-19-16-10-6-7-11-17(16)20(18)13-12-15-8-4-3-5-9-15/h6-7,10-11,14-15H,3-5,8-9,12-13H2,1-2H3/p+1. The minimum absolute atomic E-state index is 0.550. The molecule has 1 N–H and O–H groups in total. The summed E-state index contributed by atoms with van der Waals surface area (Å²) in [6, 6.07) is 8.71. The van der Waals surface area contributed by atoms with Gasteiger partial charge in [0, 0.05) is 0 Å². The fraction of sp³-hybridized carbons (Fsp3) is 0.611. The van der Waals surface area contributed by atoms with E-state index in [1.165, 1.54) is 61.9 Å². The second-order valence-corrected chi connectivity index (χ2v) is 6.63. The van der Waals surface area contributed by atoms with E-state index in [0.717, 1.165) is 5.92 Å². The number of aryl methyl sites for hydroxylation is 1. The molecular formula is C18H27N2+. The van der Waals surface area contributed by atoms with Gasteiger partial charge in [0.25, 0.3) is 5.82 Å². The number of aromatic amines is 1. The zero-order chi connectivity index (χ0) is 13.9. The van der Waals surface area contributed by atoms with Crippen LogP contribution in [0, 0.1) is 5.92 Å². The molecular weight excluding hydrogens is 244 g/mol. The lowest BCUT2D eigenvalue weighted by Gasteiger charge is -2.20. The average molecular weight is 271 g/mol. The van der Waals surface area contributed by atoms with E-state index in [9.17, 15) is 0 Å². The lowest BCUT2D eigenvalue weighted by Crippen LogP contribution is -2.38. The second kappa shape index (κ2) is 5.99. The van der Waals surface area contributed by atoms with E-state index in [0.29, 0.717) is 5.92 Å². The normalized spacial score (nSPS) is 17.1. The molecule has 2 nitrogen and oxygen atoms in total. The molecule has 1 saturated carbocycles. The Morgan fingerprint density at radius 1 is 1.15 bits per heavy atom. The van der Waals surface area contributed by atoms with Crippen LogP contribution < -0.4 is 4.57 Å². The predicted octanol–water partition coefficient (Wildman–Crippen LogP) is 4.55. The highest BCUT2D eigenvalue weighted by Gasteiger charge is 2.22. The molecule has 3 rings (SSSR count). The molecule has 2 aromatic rings. The van der Waals surface area contributed by atoms with E-state index in [1.54, 1.807) is 0 Å². The van der Waals surface area contributed by atoms with Gasteiger partial charge in [0.1, 0.15) is 0 Å². The van der Waals surface area contributed by atoms with Crippen LogP contribution in [0.4, 0.5) is 0 Å². The Labute approximate surface area is 122 Å². The van der Waals surface area contributed by atoms with E-state index < -0.39 is 0 Å². The van der Waals surface area contributed by atoms with E-state index in [2.05, 4.69) is 47.7 Å². The van der Waals surface area contributed by atoms with Crippen molar-refractivity contribution in [3.63, 3.8) is 0 Å². The monoisotopic (exact) mass is 271 g/mol. The zero-order valence-electron chi connectivity index (χ0n) is 12.9. The van der Waals surface area contributed by atoms with Crippen LogP contribution in [0.2, 0.25) is 0 Å². The summed E-state index contributed by atoms with van der Waals surface area (Å²) in [5.41, 5.74) is 2.65. The Bertz CT molecular complexity index is 562. The fourth-order valence-corrected chi connectivity index (χ4v) is 3.63. The van der Waals surface area contributed by atoms with Crippen molar-refractivity contribution in [2.24, 2.45) is 5.92 Å². The summed E-state index contributed by atoms with van der Waals surface area (Å²) in [6.07, 6.45) is 8.57. The lowest BCUT2D eigenvalue weighted by molar-refractivity contribution is -0.681. The van der Waals surface area contributed by atoms with Crippen molar-refractivity contribution in [3.8, 4) is 0 Å². The molecule has 108 valence electrons. The third kappa shape index (κ3) is 2.74. The predicted molar refractivity (Wildman–Crippen MR) is 83.8 cm³/mol. The summed E-state index contributed by atoms with van der Waals surface area (Å²) in [7, 11) is 0. The van der Waals surface area contributed by atoms with Crippen molar-refractivity contribution in [1.82, 2.24) is 4.98 Å². The number of imidazole rings is 1. The quantitative estimate of drug-likeness (QED) is 0.787. The smallest absolute Gasteiger partial charge is 0.241 e. The van der Waals surface area contributed by atoms with Crippen molar-refractivity contribution in [2.75, 3.05) is 0 Å². The number of H-pyrrole nitrogens is 1. The Kier molecular flexibility index (Phi) is 4.09. The minimum Gasteiger partial charge on any atom is -0.241 e. The molecule has 0 amide bonds. The van der Waals surface area contributed by atoms with Crippen molar-refractivity contribution >= 4 is 11.0 Å². The van der Waals surface area contributed by atoms with Crippen LogP contribution in [-0.2, 0) is 6.54 Å². The first-order valence-electron chi connectivity index (χ1n) is 8.26. The van der Waals surface area contributed by atoms with Crippen LogP contribution >= 0.6 is 0 Å². The van der Waals surface area contributed by atoms with Gasteiger partial charge in [-0.25, -0.2) is 9.55 Å². The molecule has 0 radical (unpaired) electrons. The number of aromatic nitrogens is 2. The molecule has 1 heterocycles. The summed E-state index contributed by atoms with van der Waals surface area (Å²) in [6.45, 7) is 5.73. The third-order valence-electron chi connectivity index (χ3n) is 4.78. The number of nitrogens with zero attached hydrogens (tertiary/aromatic N) is 1. The number of rotatable bonds is 4. The maximum atomic E-state index is 3.61. The maximum absolute atomic E-state index is 3.61. The molecule has 0 atom stereocenters. The molecule has 1 aromatic heterocycles. The maximum Gasteiger partial charge on any atom is 0.257 e. The summed E-state index contributed by atoms with van der Waals surface area (Å²) in [5, 5.41) is 0. The summed E-state index contributed by atoms with van der Waals surface area (Å²) in [5.74, 6) is 2.88. The second-order valence-electron chi connectivity index (χ2n) is 6.63. The van der Waals surface area contributed by atoms with Crippen LogP contribution in [0.3, 0.4) is 0 Å². The van der Waals surface area contributed by atoms with E-state index in [1.807, 2.05) is 0 Å². The number of nitrogens with one attached hydrogen (secondary N) is 1. The number of para-hydroxylation sites is 2. The largest absolute Gasteiger partial charge is 0.257 e. The van der Waals surface area contributed by atoms with Crippen LogP contribution in [0.1, 0.15) is 64.1 Å². The van der Waals surface area contributed by atoms with Crippen molar-refractivity contribution in [3.05, 3.63) is 30.1 Å². The number of hydrogen-bond donors (Lipinski definition) is 1. The van der Waals surface area contributed by atoms with E-state index >= 15 is 0 Å². The van der Waals surface area contributed by atoms with Gasteiger partial charge in [0.2, 0.25) is 0 Å². The van der Waals surface area contributed by atoms with Crippen LogP contribution in [0.15, 0.2) is 24.3 Å². The Morgan fingerprint density at radius 2 is 1.90 bits per heavy atom. The zero-order valence-corrected chi connectivity index (χ0v) is 12.9. The van der Waals surface area contributed by atoms with Gasteiger partial charge in [0.05, 0.1) is 12.5 Å². The average Bonchev–Trinajstić information content (AvgIpc) is 2.85. The highest BCUT2D eigenvalue weighted by atomic mass is 15.1. The van der Waals surface area contributed by atoms with E-state index in [-0.39, 0.29) is 0 Å². The van der Waals surface area contributed by atoms with Crippen LogP contribution in [0.5, 0.6) is 0 Å². The lowest BCUT2D eigenvalue weighted by atomic mass is 9.87. The summed E-state index contributed by atoms with van der Waals surface area (Å²) in [4.78, 5) is 3.61.